The number of nitrogens with zero attached hydrogens (tertiary/aromatic N) is 1. The van der Waals surface area contributed by atoms with E-state index >= 15 is 0 Å². The molecule has 0 aliphatic carbocycles. The molecule has 13 nitrogen and oxygen atoms in total. The van der Waals surface area contributed by atoms with Gasteiger partial charge in [0, 0.05) is 13.0 Å². The molecule has 13 heteroatoms. The summed E-state index contributed by atoms with van der Waals surface area (Å²) in [6.07, 6.45) is -0.625. The van der Waals surface area contributed by atoms with Crippen LogP contribution in [0.4, 0.5) is 0 Å². The van der Waals surface area contributed by atoms with Crippen LogP contribution in [-0.2, 0) is 25.6 Å². The van der Waals surface area contributed by atoms with Crippen molar-refractivity contribution in [3.8, 4) is 0 Å². The average molecular weight is 522 g/mol. The molecule has 0 spiro atoms. The first-order chi connectivity index (χ1) is 17.3. The number of amides is 3. The Balaban J connectivity index is 2.85. The number of aliphatic hydroxyl groups is 1. The summed E-state index contributed by atoms with van der Waals surface area (Å²) in [5.41, 5.74) is 17.1. The minimum atomic E-state index is -1.46. The van der Waals surface area contributed by atoms with E-state index in [2.05, 4.69) is 20.9 Å². The molecule has 37 heavy (non-hydrogen) atoms. The summed E-state index contributed by atoms with van der Waals surface area (Å²) in [7, 11) is 0. The lowest BCUT2D eigenvalue weighted by molar-refractivity contribution is -0.143. The van der Waals surface area contributed by atoms with Crippen molar-refractivity contribution in [2.24, 2.45) is 28.1 Å². The summed E-state index contributed by atoms with van der Waals surface area (Å²) in [6.45, 7) is 4.95. The van der Waals surface area contributed by atoms with Crippen LogP contribution in [0.5, 0.6) is 0 Å². The maximum Gasteiger partial charge on any atom is 0.326 e. The number of carbonyl (C=O) groups excluding carboxylic acids is 3. The fourth-order valence-electron chi connectivity index (χ4n) is 3.41. The lowest BCUT2D eigenvalue weighted by Crippen LogP contribution is -2.61. The van der Waals surface area contributed by atoms with Gasteiger partial charge >= 0.3 is 5.97 Å². The van der Waals surface area contributed by atoms with Crippen molar-refractivity contribution in [3.63, 3.8) is 0 Å². The van der Waals surface area contributed by atoms with E-state index in [4.69, 9.17) is 17.2 Å². The van der Waals surface area contributed by atoms with Crippen molar-refractivity contribution in [1.29, 1.82) is 0 Å². The summed E-state index contributed by atoms with van der Waals surface area (Å²) >= 11 is 0. The molecule has 0 aliphatic rings. The molecule has 5 atom stereocenters. The Morgan fingerprint density at radius 3 is 2.00 bits per heavy atom. The normalized spacial score (nSPS) is 15.0. The van der Waals surface area contributed by atoms with Crippen LogP contribution in [0.25, 0.3) is 0 Å². The van der Waals surface area contributed by atoms with Gasteiger partial charge < -0.3 is 43.4 Å². The first kappa shape index (κ1) is 31.3. The summed E-state index contributed by atoms with van der Waals surface area (Å²) in [5.74, 6) is -3.91. The van der Waals surface area contributed by atoms with Crippen LogP contribution in [0.1, 0.15) is 39.2 Å². The van der Waals surface area contributed by atoms with E-state index in [0.717, 1.165) is 0 Å². The zero-order valence-electron chi connectivity index (χ0n) is 21.4. The zero-order chi connectivity index (χ0) is 28.1. The predicted molar refractivity (Wildman–Crippen MR) is 138 cm³/mol. The number of aliphatic imine (C=N–C) groups is 1. The molecule has 1 aromatic carbocycles. The quantitative estimate of drug-likeness (QED) is 0.0736. The second kappa shape index (κ2) is 15.4. The SMILES string of the molecule is CC(C)[C@@H](NC(=O)[C@H](N)CCCN=C(N)N)C(=O)N[C@@H](C(=O)N[C@@H](Cc1ccccc1)C(=O)O)[C@H](C)O. The average Bonchev–Trinajstić information content (AvgIpc) is 2.82. The van der Waals surface area contributed by atoms with Crippen molar-refractivity contribution < 1.29 is 29.4 Å². The van der Waals surface area contributed by atoms with Crippen LogP contribution < -0.4 is 33.2 Å². The van der Waals surface area contributed by atoms with E-state index in [-0.39, 0.29) is 24.7 Å². The number of carboxylic acids is 1. The first-order valence-corrected chi connectivity index (χ1v) is 12.0. The molecule has 0 heterocycles. The maximum absolute atomic E-state index is 13.0. The van der Waals surface area contributed by atoms with Gasteiger partial charge in [0.1, 0.15) is 18.1 Å². The topological polar surface area (TPSA) is 235 Å². The van der Waals surface area contributed by atoms with E-state index in [1.807, 2.05) is 0 Å². The second-order valence-electron chi connectivity index (χ2n) is 9.10. The summed E-state index contributed by atoms with van der Waals surface area (Å²) in [4.78, 5) is 53.9. The van der Waals surface area contributed by atoms with E-state index < -0.39 is 54.0 Å². The third kappa shape index (κ3) is 11.3. The van der Waals surface area contributed by atoms with Gasteiger partial charge in [0.05, 0.1) is 12.1 Å². The molecule has 0 unspecified atom stereocenters. The summed E-state index contributed by atoms with van der Waals surface area (Å²) in [5, 5.41) is 27.1. The molecule has 0 saturated heterocycles. The molecule has 11 N–H and O–H groups in total. The molecule has 206 valence electrons. The summed E-state index contributed by atoms with van der Waals surface area (Å²) < 4.78 is 0. The van der Waals surface area contributed by atoms with Gasteiger partial charge in [-0.1, -0.05) is 44.2 Å². The Labute approximate surface area is 216 Å². The number of carboxylic acid groups (broad SMARTS) is 1. The highest BCUT2D eigenvalue weighted by Gasteiger charge is 2.33. The molecule has 0 radical (unpaired) electrons. The maximum atomic E-state index is 13.0. The minimum Gasteiger partial charge on any atom is -0.480 e. The Morgan fingerprint density at radius 2 is 1.49 bits per heavy atom. The number of nitrogens with one attached hydrogen (secondary N) is 3. The van der Waals surface area contributed by atoms with Gasteiger partial charge in [-0.05, 0) is 31.2 Å². The zero-order valence-corrected chi connectivity index (χ0v) is 21.4. The molecule has 0 saturated carbocycles. The van der Waals surface area contributed by atoms with Crippen LogP contribution in [0, 0.1) is 5.92 Å². The predicted octanol–water partition coefficient (Wildman–Crippen LogP) is -1.81. The lowest BCUT2D eigenvalue weighted by Gasteiger charge is -2.28. The highest BCUT2D eigenvalue weighted by Crippen LogP contribution is 2.07. The number of benzene rings is 1. The Kier molecular flexibility index (Phi) is 13.0. The Morgan fingerprint density at radius 1 is 0.919 bits per heavy atom. The van der Waals surface area contributed by atoms with Crippen molar-refractivity contribution in [3.05, 3.63) is 35.9 Å². The van der Waals surface area contributed by atoms with Gasteiger partial charge in [-0.25, -0.2) is 4.79 Å². The standard InChI is InChI=1S/C24H39N7O6/c1-13(2)18(30-20(33)16(25)10-7-11-28-24(26)27)21(34)31-19(14(3)32)22(35)29-17(23(36)37)12-15-8-5-4-6-9-15/h4-6,8-9,13-14,16-19,32H,7,10-12,25H2,1-3H3,(H,29,35)(H,30,33)(H,31,34)(H,36,37)(H4,26,27,28)/t14-,16+,17-,18+,19+/m0/s1. The smallest absolute Gasteiger partial charge is 0.326 e. The third-order valence-electron chi connectivity index (χ3n) is 5.51. The first-order valence-electron chi connectivity index (χ1n) is 12.0. The molecule has 0 fully saturated rings. The second-order valence-corrected chi connectivity index (χ2v) is 9.10. The fourth-order valence-corrected chi connectivity index (χ4v) is 3.41. The lowest BCUT2D eigenvalue weighted by atomic mass is 10.0. The molecular weight excluding hydrogens is 482 g/mol. The molecule has 1 aromatic rings. The van der Waals surface area contributed by atoms with Crippen molar-refractivity contribution >= 4 is 29.7 Å². The van der Waals surface area contributed by atoms with E-state index in [0.29, 0.717) is 18.5 Å². The van der Waals surface area contributed by atoms with Crippen molar-refractivity contribution in [2.75, 3.05) is 6.54 Å². The van der Waals surface area contributed by atoms with Gasteiger partial charge in [0.15, 0.2) is 5.96 Å². The Hall–Kier alpha value is -3.71. The van der Waals surface area contributed by atoms with E-state index in [9.17, 15) is 29.4 Å². The highest BCUT2D eigenvalue weighted by molar-refractivity contribution is 5.94. The van der Waals surface area contributed by atoms with Gasteiger partial charge in [0.2, 0.25) is 17.7 Å². The number of guanidine groups is 1. The van der Waals surface area contributed by atoms with Gasteiger partial charge in [-0.15, -0.1) is 0 Å². The summed E-state index contributed by atoms with van der Waals surface area (Å²) in [6, 6.07) is 3.96. The van der Waals surface area contributed by atoms with Gasteiger partial charge in [-0.2, -0.15) is 0 Å². The van der Waals surface area contributed by atoms with Crippen molar-refractivity contribution in [1.82, 2.24) is 16.0 Å². The van der Waals surface area contributed by atoms with Crippen LogP contribution in [0.3, 0.4) is 0 Å². The minimum absolute atomic E-state index is 0.00807. The number of hydrogen-bond donors (Lipinski definition) is 8. The Bertz CT molecular complexity index is 935. The molecule has 1 rings (SSSR count). The monoisotopic (exact) mass is 521 g/mol. The molecule has 0 bridgehead atoms. The highest BCUT2D eigenvalue weighted by atomic mass is 16.4. The molecular formula is C24H39N7O6. The van der Waals surface area contributed by atoms with Gasteiger partial charge in [0.25, 0.3) is 0 Å². The van der Waals surface area contributed by atoms with Crippen LogP contribution in [0.2, 0.25) is 0 Å². The number of hydrogen-bond acceptors (Lipinski definition) is 7. The number of aliphatic hydroxyl groups excluding tert-OH is 1. The van der Waals surface area contributed by atoms with Crippen LogP contribution >= 0.6 is 0 Å². The number of rotatable bonds is 15. The largest absolute Gasteiger partial charge is 0.480 e. The number of carbonyl (C=O) groups is 4. The molecule has 3 amide bonds. The fraction of sp³-hybridized carbons (Fsp3) is 0.542. The molecule has 0 aromatic heterocycles. The third-order valence-corrected chi connectivity index (χ3v) is 5.51. The van der Waals surface area contributed by atoms with Gasteiger partial charge in [-0.3, -0.25) is 19.4 Å². The van der Waals surface area contributed by atoms with E-state index in [1.165, 1.54) is 6.92 Å². The number of aliphatic carboxylic acids is 1. The molecule has 0 aliphatic heterocycles. The van der Waals surface area contributed by atoms with Crippen LogP contribution in [0.15, 0.2) is 35.3 Å². The van der Waals surface area contributed by atoms with Crippen LogP contribution in [-0.4, -0.2) is 76.7 Å². The van der Waals surface area contributed by atoms with E-state index in [1.54, 1.807) is 44.2 Å². The van der Waals surface area contributed by atoms with Crippen molar-refractivity contribution in [2.45, 2.75) is 70.3 Å². The number of nitrogens with two attached hydrogens (primary N) is 3.